The number of aromatic nitrogens is 3. The summed E-state index contributed by atoms with van der Waals surface area (Å²) in [5.74, 6) is 5.63. The fraction of sp³-hybridized carbons (Fsp3) is 0.0526. The molecule has 0 spiro atoms. The summed E-state index contributed by atoms with van der Waals surface area (Å²) >= 11 is 5.88. The summed E-state index contributed by atoms with van der Waals surface area (Å²) in [4.78, 5) is 33.5. The third-order valence-corrected chi connectivity index (χ3v) is 6.18. The zero-order chi connectivity index (χ0) is 20.4. The molecule has 4 aromatic rings. The highest BCUT2D eigenvalue weighted by Crippen LogP contribution is 2.27. The minimum Gasteiger partial charge on any atom is -0.334 e. The van der Waals surface area contributed by atoms with E-state index < -0.39 is 0 Å². The molecule has 0 aliphatic rings. The molecule has 3 N–H and O–H groups in total. The van der Waals surface area contributed by atoms with Crippen molar-refractivity contribution < 1.29 is 4.79 Å². The van der Waals surface area contributed by atoms with Crippen LogP contribution < -0.4 is 16.7 Å². The first kappa shape index (κ1) is 19.6. The van der Waals surface area contributed by atoms with Crippen LogP contribution in [-0.2, 0) is 4.79 Å². The number of hydrogen-bond acceptors (Lipinski definition) is 7. The van der Waals surface area contributed by atoms with Crippen LogP contribution in [0.15, 0.2) is 68.3 Å². The summed E-state index contributed by atoms with van der Waals surface area (Å²) < 4.78 is 1.93. The molecule has 2 aromatic carbocycles. The molecule has 146 valence electrons. The molecule has 29 heavy (non-hydrogen) atoms. The van der Waals surface area contributed by atoms with Crippen molar-refractivity contribution in [3.63, 3.8) is 0 Å². The molecule has 0 fully saturated rings. The van der Waals surface area contributed by atoms with Gasteiger partial charge in [-0.15, -0.1) is 11.3 Å². The number of para-hydroxylation sites is 1. The van der Waals surface area contributed by atoms with Gasteiger partial charge >= 0.3 is 0 Å². The van der Waals surface area contributed by atoms with E-state index in [2.05, 4.69) is 31.2 Å². The molecule has 0 bridgehead atoms. The highest BCUT2D eigenvalue weighted by atomic mass is 79.9. The normalized spacial score (nSPS) is 10.9. The van der Waals surface area contributed by atoms with E-state index in [4.69, 9.17) is 5.84 Å². The minimum atomic E-state index is -0.350. The van der Waals surface area contributed by atoms with Crippen LogP contribution in [0, 0.1) is 0 Å². The van der Waals surface area contributed by atoms with Crippen molar-refractivity contribution in [2.24, 2.45) is 0 Å². The monoisotopic (exact) mass is 487 g/mol. The molecule has 0 aliphatic carbocycles. The van der Waals surface area contributed by atoms with Gasteiger partial charge in [0.05, 0.1) is 22.3 Å². The lowest BCUT2D eigenvalue weighted by Crippen LogP contribution is -2.30. The number of anilines is 1. The van der Waals surface area contributed by atoms with Crippen molar-refractivity contribution in [3.05, 3.63) is 68.7 Å². The van der Waals surface area contributed by atoms with Crippen LogP contribution in [0.3, 0.4) is 0 Å². The third-order valence-electron chi connectivity index (χ3n) is 3.98. The van der Waals surface area contributed by atoms with Crippen LogP contribution >= 0.6 is 39.0 Å². The molecule has 0 saturated heterocycles. The molecule has 0 radical (unpaired) electrons. The van der Waals surface area contributed by atoms with Crippen LogP contribution in [-0.4, -0.2) is 26.3 Å². The molecule has 0 saturated carbocycles. The largest absolute Gasteiger partial charge is 0.334 e. The van der Waals surface area contributed by atoms with Gasteiger partial charge in [-0.1, -0.05) is 52.0 Å². The summed E-state index contributed by atoms with van der Waals surface area (Å²) in [6, 6.07) is 14.7. The van der Waals surface area contributed by atoms with Gasteiger partial charge in [-0.05, 0) is 24.3 Å². The van der Waals surface area contributed by atoms with Crippen molar-refractivity contribution in [1.29, 1.82) is 0 Å². The first-order chi connectivity index (χ1) is 14.0. The Balaban J connectivity index is 1.44. The predicted octanol–water partition coefficient (Wildman–Crippen LogP) is 3.73. The standard InChI is InChI=1S/C19H14BrN5O2S2/c20-12-5-3-4-11(8-12)15-9-28-18(22-15)24-16(26)10-29-19-23-14-7-2-1-6-13(14)17(27)25(19)21/h1-9H,10,21H2,(H,22,24,26). The number of carbonyl (C=O) groups is 1. The topological polar surface area (TPSA) is 103 Å². The van der Waals surface area contributed by atoms with Crippen molar-refractivity contribution in [2.45, 2.75) is 5.16 Å². The van der Waals surface area contributed by atoms with Gasteiger partial charge in [0.2, 0.25) is 5.91 Å². The Morgan fingerprint density at radius 3 is 2.86 bits per heavy atom. The molecule has 2 heterocycles. The molecular formula is C19H14BrN5O2S2. The molecule has 0 unspecified atom stereocenters. The van der Waals surface area contributed by atoms with E-state index in [0.717, 1.165) is 32.2 Å². The molecule has 0 atom stereocenters. The van der Waals surface area contributed by atoms with Gasteiger partial charge in [0, 0.05) is 15.4 Å². The van der Waals surface area contributed by atoms with E-state index in [1.165, 1.54) is 11.3 Å². The molecule has 0 aliphatic heterocycles. The molecule has 10 heteroatoms. The van der Waals surface area contributed by atoms with Gasteiger partial charge in [-0.3, -0.25) is 9.59 Å². The number of halogens is 1. The van der Waals surface area contributed by atoms with E-state index >= 15 is 0 Å². The van der Waals surface area contributed by atoms with Crippen LogP contribution in [0.2, 0.25) is 0 Å². The number of nitrogen functional groups attached to an aromatic ring is 1. The highest BCUT2D eigenvalue weighted by Gasteiger charge is 2.13. The quantitative estimate of drug-likeness (QED) is 0.252. The van der Waals surface area contributed by atoms with Gasteiger partial charge in [0.1, 0.15) is 0 Å². The zero-order valence-corrected chi connectivity index (χ0v) is 18.1. The van der Waals surface area contributed by atoms with Gasteiger partial charge in [0.15, 0.2) is 10.3 Å². The maximum absolute atomic E-state index is 12.3. The lowest BCUT2D eigenvalue weighted by Gasteiger charge is -2.08. The van der Waals surface area contributed by atoms with Gasteiger partial charge in [-0.2, -0.15) is 0 Å². The third kappa shape index (κ3) is 4.34. The van der Waals surface area contributed by atoms with Crippen LogP contribution in [0.5, 0.6) is 0 Å². The maximum atomic E-state index is 12.3. The number of nitrogens with two attached hydrogens (primary N) is 1. The Morgan fingerprint density at radius 1 is 1.21 bits per heavy atom. The number of benzene rings is 2. The smallest absolute Gasteiger partial charge is 0.280 e. The first-order valence-electron chi connectivity index (χ1n) is 8.42. The maximum Gasteiger partial charge on any atom is 0.280 e. The number of carbonyl (C=O) groups excluding carboxylic acids is 1. The zero-order valence-electron chi connectivity index (χ0n) is 14.8. The Labute approximate surface area is 182 Å². The van der Waals surface area contributed by atoms with E-state index in [-0.39, 0.29) is 22.4 Å². The summed E-state index contributed by atoms with van der Waals surface area (Å²) in [5.41, 5.74) is 1.93. The number of amides is 1. The fourth-order valence-corrected chi connectivity index (χ4v) is 4.48. The number of nitrogens with zero attached hydrogens (tertiary/aromatic N) is 3. The second kappa shape index (κ2) is 8.36. The van der Waals surface area contributed by atoms with Gasteiger partial charge in [-0.25, -0.2) is 14.6 Å². The lowest BCUT2D eigenvalue weighted by atomic mass is 10.2. The van der Waals surface area contributed by atoms with Gasteiger partial charge < -0.3 is 11.2 Å². The fourth-order valence-electron chi connectivity index (χ4n) is 2.62. The van der Waals surface area contributed by atoms with Crippen LogP contribution in [0.4, 0.5) is 5.13 Å². The molecular weight excluding hydrogens is 474 g/mol. The Kier molecular flexibility index (Phi) is 5.65. The molecule has 7 nitrogen and oxygen atoms in total. The van der Waals surface area contributed by atoms with Crippen molar-refractivity contribution in [3.8, 4) is 11.3 Å². The summed E-state index contributed by atoms with van der Waals surface area (Å²) in [6.07, 6.45) is 0. The average Bonchev–Trinajstić information content (AvgIpc) is 3.18. The van der Waals surface area contributed by atoms with E-state index in [1.54, 1.807) is 24.3 Å². The predicted molar refractivity (Wildman–Crippen MR) is 121 cm³/mol. The van der Waals surface area contributed by atoms with Crippen molar-refractivity contribution in [1.82, 2.24) is 14.6 Å². The van der Waals surface area contributed by atoms with Gasteiger partial charge in [0.25, 0.3) is 5.56 Å². The van der Waals surface area contributed by atoms with E-state index in [9.17, 15) is 9.59 Å². The van der Waals surface area contributed by atoms with Crippen LogP contribution in [0.1, 0.15) is 0 Å². The van der Waals surface area contributed by atoms with Crippen molar-refractivity contribution in [2.75, 3.05) is 16.9 Å². The number of fused-ring (bicyclic) bond motifs is 1. The number of thiazole rings is 1. The van der Waals surface area contributed by atoms with E-state index in [0.29, 0.717) is 16.0 Å². The Morgan fingerprint density at radius 2 is 2.03 bits per heavy atom. The number of nitrogens with one attached hydrogen (secondary N) is 1. The molecule has 2 aromatic heterocycles. The second-order valence-electron chi connectivity index (χ2n) is 5.97. The summed E-state index contributed by atoms with van der Waals surface area (Å²) in [7, 11) is 0. The van der Waals surface area contributed by atoms with Crippen molar-refractivity contribution >= 4 is 61.0 Å². The second-order valence-corrected chi connectivity index (χ2v) is 8.69. The lowest BCUT2D eigenvalue weighted by molar-refractivity contribution is -0.113. The summed E-state index contributed by atoms with van der Waals surface area (Å²) in [5, 5.41) is 5.86. The number of rotatable bonds is 5. The number of hydrogen-bond donors (Lipinski definition) is 2. The summed E-state index contributed by atoms with van der Waals surface area (Å²) in [6.45, 7) is 0. The number of thioether (sulfide) groups is 1. The molecule has 1 amide bonds. The average molecular weight is 488 g/mol. The van der Waals surface area contributed by atoms with E-state index in [1.807, 2.05) is 29.6 Å². The Hall–Kier alpha value is -2.69. The minimum absolute atomic E-state index is 0.0494. The Bertz CT molecular complexity index is 1270. The van der Waals surface area contributed by atoms with Crippen LogP contribution in [0.25, 0.3) is 22.2 Å². The highest BCUT2D eigenvalue weighted by molar-refractivity contribution is 9.10. The first-order valence-corrected chi connectivity index (χ1v) is 11.1. The SMILES string of the molecule is Nn1c(SCC(=O)Nc2nc(-c3cccc(Br)c3)cs2)nc2ccccc2c1=O. The molecule has 4 rings (SSSR count).